The van der Waals surface area contributed by atoms with E-state index < -0.39 is 0 Å². The Bertz CT molecular complexity index is 828. The highest BCUT2D eigenvalue weighted by Gasteiger charge is 2.19. The van der Waals surface area contributed by atoms with Gasteiger partial charge in [-0.15, -0.1) is 0 Å². The Morgan fingerprint density at radius 1 is 0.960 bits per heavy atom. The summed E-state index contributed by atoms with van der Waals surface area (Å²) in [6, 6.07) is 12.0. The lowest BCUT2D eigenvalue weighted by Gasteiger charge is -2.13. The predicted octanol–water partition coefficient (Wildman–Crippen LogP) is 3.26. The van der Waals surface area contributed by atoms with Crippen LogP contribution in [0.2, 0.25) is 0 Å². The number of nitrogens with zero attached hydrogens (tertiary/aromatic N) is 1. The number of hydrogen-bond acceptors (Lipinski definition) is 5. The zero-order valence-electron chi connectivity index (χ0n) is 14.6. The molecule has 0 heterocycles. The highest BCUT2D eigenvalue weighted by atomic mass is 16.6. The van der Waals surface area contributed by atoms with E-state index in [9.17, 15) is 9.59 Å². The minimum Gasteiger partial charge on any atom is -0.496 e. The number of methoxy groups -OCH3 is 1. The first kappa shape index (κ1) is 18.2. The van der Waals surface area contributed by atoms with Crippen molar-refractivity contribution in [3.63, 3.8) is 0 Å². The minimum absolute atomic E-state index is 0.217. The molecule has 1 amide bonds. The summed E-state index contributed by atoms with van der Waals surface area (Å²) in [6.07, 6.45) is 0. The van der Waals surface area contributed by atoms with Crippen LogP contribution in [0.5, 0.6) is 5.75 Å². The third-order valence-corrected chi connectivity index (χ3v) is 3.55. The normalized spacial score (nSPS) is 11.0. The van der Waals surface area contributed by atoms with Crippen LogP contribution in [-0.4, -0.2) is 31.6 Å². The standard InChI is InChI=1S/C19H20N2O4/c1-12(21-25-4)15-10-9-14(20-13(2)22)11-17(15)19(23)16-7-5-6-8-18(16)24-3/h5-11H,1-4H3,(H,20,22)/b21-12-. The number of carbonyl (C=O) groups is 2. The van der Waals surface area contributed by atoms with Gasteiger partial charge in [0.25, 0.3) is 0 Å². The van der Waals surface area contributed by atoms with E-state index in [1.165, 1.54) is 21.1 Å². The molecule has 0 saturated heterocycles. The Balaban J connectivity index is 2.60. The molecular weight excluding hydrogens is 320 g/mol. The maximum atomic E-state index is 13.1. The van der Waals surface area contributed by atoms with Crippen LogP contribution < -0.4 is 10.1 Å². The molecule has 0 saturated carbocycles. The van der Waals surface area contributed by atoms with Crippen molar-refractivity contribution in [2.75, 3.05) is 19.5 Å². The lowest BCUT2D eigenvalue weighted by atomic mass is 9.95. The second kappa shape index (κ2) is 8.10. The maximum absolute atomic E-state index is 13.1. The lowest BCUT2D eigenvalue weighted by molar-refractivity contribution is -0.114. The van der Waals surface area contributed by atoms with Crippen molar-refractivity contribution in [3.05, 3.63) is 59.2 Å². The van der Waals surface area contributed by atoms with Gasteiger partial charge in [0, 0.05) is 23.7 Å². The maximum Gasteiger partial charge on any atom is 0.221 e. The van der Waals surface area contributed by atoms with Crippen LogP contribution in [0.1, 0.15) is 35.3 Å². The molecule has 0 aliphatic heterocycles. The first-order valence-electron chi connectivity index (χ1n) is 7.65. The van der Waals surface area contributed by atoms with E-state index in [0.717, 1.165) is 0 Å². The van der Waals surface area contributed by atoms with Crippen molar-refractivity contribution in [2.24, 2.45) is 5.16 Å². The van der Waals surface area contributed by atoms with Crippen LogP contribution in [0.4, 0.5) is 5.69 Å². The molecule has 130 valence electrons. The number of ketones is 1. The third-order valence-electron chi connectivity index (χ3n) is 3.55. The summed E-state index contributed by atoms with van der Waals surface area (Å²) in [5.74, 6) is 0.0285. The van der Waals surface area contributed by atoms with Gasteiger partial charge in [-0.05, 0) is 31.2 Å². The average molecular weight is 340 g/mol. The van der Waals surface area contributed by atoms with E-state index in [-0.39, 0.29) is 11.7 Å². The SMILES string of the molecule is CO/N=C(/C)c1ccc(NC(C)=O)cc1C(=O)c1ccccc1OC. The molecule has 0 aromatic heterocycles. The number of amides is 1. The molecule has 25 heavy (non-hydrogen) atoms. The molecule has 0 fully saturated rings. The van der Waals surface area contributed by atoms with Gasteiger partial charge in [-0.3, -0.25) is 9.59 Å². The number of anilines is 1. The Kier molecular flexibility index (Phi) is 5.89. The van der Waals surface area contributed by atoms with E-state index in [1.807, 2.05) is 0 Å². The fraction of sp³-hybridized carbons (Fsp3) is 0.211. The zero-order chi connectivity index (χ0) is 18.4. The van der Waals surface area contributed by atoms with Crippen LogP contribution >= 0.6 is 0 Å². The first-order chi connectivity index (χ1) is 12.0. The fourth-order valence-corrected chi connectivity index (χ4v) is 2.49. The molecule has 0 radical (unpaired) electrons. The highest BCUT2D eigenvalue weighted by Crippen LogP contribution is 2.25. The van der Waals surface area contributed by atoms with Gasteiger partial charge in [-0.25, -0.2) is 0 Å². The van der Waals surface area contributed by atoms with Crippen LogP contribution in [0.3, 0.4) is 0 Å². The van der Waals surface area contributed by atoms with E-state index in [0.29, 0.717) is 33.8 Å². The average Bonchev–Trinajstić information content (AvgIpc) is 2.60. The number of para-hydroxylation sites is 1. The van der Waals surface area contributed by atoms with Crippen molar-refractivity contribution in [1.82, 2.24) is 0 Å². The number of rotatable bonds is 6. The Hall–Kier alpha value is -3.15. The topological polar surface area (TPSA) is 77.0 Å². The monoisotopic (exact) mass is 340 g/mol. The summed E-state index contributed by atoms with van der Waals surface area (Å²) >= 11 is 0. The summed E-state index contributed by atoms with van der Waals surface area (Å²) in [7, 11) is 2.95. The molecule has 0 aliphatic carbocycles. The van der Waals surface area contributed by atoms with Crippen LogP contribution in [0.25, 0.3) is 0 Å². The number of oxime groups is 1. The number of carbonyl (C=O) groups excluding carboxylic acids is 2. The molecule has 2 aromatic carbocycles. The van der Waals surface area contributed by atoms with Crippen LogP contribution in [0.15, 0.2) is 47.6 Å². The largest absolute Gasteiger partial charge is 0.496 e. The summed E-state index contributed by atoms with van der Waals surface area (Å²) in [5.41, 5.74) is 2.52. The highest BCUT2D eigenvalue weighted by molar-refractivity contribution is 6.18. The molecule has 2 rings (SSSR count). The molecule has 6 heteroatoms. The third kappa shape index (κ3) is 4.23. The quantitative estimate of drug-likeness (QED) is 0.497. The van der Waals surface area contributed by atoms with E-state index in [4.69, 9.17) is 9.57 Å². The molecular formula is C19H20N2O4. The van der Waals surface area contributed by atoms with Crippen molar-refractivity contribution >= 4 is 23.1 Å². The van der Waals surface area contributed by atoms with Gasteiger partial charge in [-0.1, -0.05) is 23.4 Å². The second-order valence-corrected chi connectivity index (χ2v) is 5.33. The zero-order valence-corrected chi connectivity index (χ0v) is 14.6. The summed E-state index contributed by atoms with van der Waals surface area (Å²) in [5, 5.41) is 6.60. The van der Waals surface area contributed by atoms with Crippen molar-refractivity contribution < 1.29 is 19.2 Å². The Morgan fingerprint density at radius 3 is 2.32 bits per heavy atom. The van der Waals surface area contributed by atoms with E-state index in [2.05, 4.69) is 10.5 Å². The number of ether oxygens (including phenoxy) is 1. The molecule has 6 nitrogen and oxygen atoms in total. The van der Waals surface area contributed by atoms with Crippen LogP contribution in [0, 0.1) is 0 Å². The lowest BCUT2D eigenvalue weighted by Crippen LogP contribution is -2.13. The van der Waals surface area contributed by atoms with Gasteiger partial charge in [0.05, 0.1) is 18.4 Å². The number of benzene rings is 2. The predicted molar refractivity (Wildman–Crippen MR) is 96.4 cm³/mol. The van der Waals surface area contributed by atoms with Crippen molar-refractivity contribution in [1.29, 1.82) is 0 Å². The fourth-order valence-electron chi connectivity index (χ4n) is 2.49. The molecule has 2 aromatic rings. The van der Waals surface area contributed by atoms with Crippen molar-refractivity contribution in [2.45, 2.75) is 13.8 Å². The van der Waals surface area contributed by atoms with E-state index >= 15 is 0 Å². The minimum atomic E-state index is -0.231. The smallest absolute Gasteiger partial charge is 0.221 e. The molecule has 0 atom stereocenters. The molecule has 1 N–H and O–H groups in total. The number of nitrogens with one attached hydrogen (secondary N) is 1. The van der Waals surface area contributed by atoms with Gasteiger partial charge in [0.1, 0.15) is 12.9 Å². The van der Waals surface area contributed by atoms with E-state index in [1.54, 1.807) is 49.4 Å². The molecule has 0 aliphatic rings. The van der Waals surface area contributed by atoms with Gasteiger partial charge < -0.3 is 14.9 Å². The summed E-state index contributed by atoms with van der Waals surface area (Å²) in [4.78, 5) is 29.3. The summed E-state index contributed by atoms with van der Waals surface area (Å²) in [6.45, 7) is 3.16. The van der Waals surface area contributed by atoms with Gasteiger partial charge in [0.2, 0.25) is 5.91 Å². The Morgan fingerprint density at radius 2 is 1.68 bits per heavy atom. The van der Waals surface area contributed by atoms with Crippen molar-refractivity contribution in [3.8, 4) is 5.75 Å². The van der Waals surface area contributed by atoms with Crippen LogP contribution in [-0.2, 0) is 9.63 Å². The van der Waals surface area contributed by atoms with Gasteiger partial charge in [0.15, 0.2) is 5.78 Å². The second-order valence-electron chi connectivity index (χ2n) is 5.33. The molecule has 0 bridgehead atoms. The van der Waals surface area contributed by atoms with Gasteiger partial charge >= 0.3 is 0 Å². The molecule has 0 spiro atoms. The van der Waals surface area contributed by atoms with Gasteiger partial charge in [-0.2, -0.15) is 0 Å². The first-order valence-corrected chi connectivity index (χ1v) is 7.65. The Labute approximate surface area is 146 Å². The molecule has 0 unspecified atom stereocenters. The summed E-state index contributed by atoms with van der Waals surface area (Å²) < 4.78 is 5.29. The number of hydrogen-bond donors (Lipinski definition) is 1.